The van der Waals surface area contributed by atoms with Gasteiger partial charge in [-0.2, -0.15) is 0 Å². The van der Waals surface area contributed by atoms with E-state index < -0.39 is 23.6 Å². The number of likely N-dealkylation sites (tertiary alicyclic amines) is 1. The normalized spacial score (nSPS) is 27.3. The van der Waals surface area contributed by atoms with Crippen LogP contribution in [0.4, 0.5) is 0 Å². The SMILES string of the molecule is Cc1ncsc1-c1ccc(CNC(=O)[C@@H]2C[C@@H](O)CN2C(=O)[C@@H](NC(=O)CCCCCNC(=O)CC23CC4CC(CC(C4)C2)C3)C(C)(C)C)cc1. The number of carbonyl (C=O) groups is 4. The van der Waals surface area contributed by atoms with Gasteiger partial charge in [0, 0.05) is 38.9 Å². The second-order valence-electron chi connectivity index (χ2n) is 17.2. The van der Waals surface area contributed by atoms with Gasteiger partial charge in [0.05, 0.1) is 22.2 Å². The summed E-state index contributed by atoms with van der Waals surface area (Å²) >= 11 is 1.59. The summed E-state index contributed by atoms with van der Waals surface area (Å²) in [5, 5.41) is 19.6. The smallest absolute Gasteiger partial charge is 0.246 e. The molecule has 4 N–H and O–H groups in total. The number of unbranched alkanes of at least 4 members (excludes halogenated alkanes) is 2. The molecule has 1 saturated heterocycles. The molecule has 5 aliphatic rings. The molecule has 11 heteroatoms. The van der Waals surface area contributed by atoms with Gasteiger partial charge in [-0.05, 0) is 98.0 Å². The fourth-order valence-corrected chi connectivity index (χ4v) is 10.5. The van der Waals surface area contributed by atoms with Gasteiger partial charge in [-0.3, -0.25) is 19.2 Å². The molecule has 5 fully saturated rings. The first-order valence-electron chi connectivity index (χ1n) is 19.1. The topological polar surface area (TPSA) is 141 Å². The van der Waals surface area contributed by atoms with Crippen molar-refractivity contribution in [2.45, 2.75) is 129 Å². The van der Waals surface area contributed by atoms with Gasteiger partial charge in [0.15, 0.2) is 0 Å². The minimum Gasteiger partial charge on any atom is -0.391 e. The van der Waals surface area contributed by atoms with Crippen LogP contribution in [0.15, 0.2) is 29.8 Å². The van der Waals surface area contributed by atoms with Gasteiger partial charge < -0.3 is 26.0 Å². The van der Waals surface area contributed by atoms with E-state index in [0.717, 1.165) is 52.3 Å². The Morgan fingerprint density at radius 1 is 0.941 bits per heavy atom. The number of aliphatic hydroxyl groups excluding tert-OH is 1. The molecule has 1 aromatic carbocycles. The number of β-amino-alcohol motifs (C(OH)–C–C–N with tert-alkyl or cyclic N) is 1. The van der Waals surface area contributed by atoms with Gasteiger partial charge in [0.1, 0.15) is 12.1 Å². The highest BCUT2D eigenvalue weighted by Gasteiger charge is 2.51. The van der Waals surface area contributed by atoms with Gasteiger partial charge in [-0.25, -0.2) is 4.98 Å². The van der Waals surface area contributed by atoms with E-state index in [1.54, 1.807) is 11.3 Å². The third-order valence-electron chi connectivity index (χ3n) is 11.8. The van der Waals surface area contributed by atoms with Crippen molar-refractivity contribution in [1.29, 1.82) is 0 Å². The highest BCUT2D eigenvalue weighted by molar-refractivity contribution is 7.13. The van der Waals surface area contributed by atoms with Crippen molar-refractivity contribution in [2.24, 2.45) is 28.6 Å². The van der Waals surface area contributed by atoms with Gasteiger partial charge in [-0.15, -0.1) is 11.3 Å². The number of rotatable bonds is 14. The van der Waals surface area contributed by atoms with Crippen LogP contribution >= 0.6 is 11.3 Å². The molecule has 278 valence electrons. The molecular formula is C40H57N5O5S. The van der Waals surface area contributed by atoms with Gasteiger partial charge in [0.2, 0.25) is 23.6 Å². The van der Waals surface area contributed by atoms with Crippen LogP contribution in [0, 0.1) is 35.5 Å². The van der Waals surface area contributed by atoms with Crippen molar-refractivity contribution < 1.29 is 24.3 Å². The number of benzene rings is 1. The van der Waals surface area contributed by atoms with E-state index in [9.17, 15) is 24.3 Å². The summed E-state index contributed by atoms with van der Waals surface area (Å²) in [5.74, 6) is 1.79. The quantitative estimate of drug-likeness (QED) is 0.190. The van der Waals surface area contributed by atoms with E-state index in [2.05, 4.69) is 20.9 Å². The number of aromatic nitrogens is 1. The summed E-state index contributed by atoms with van der Waals surface area (Å²) in [7, 11) is 0. The molecule has 7 rings (SSSR count). The summed E-state index contributed by atoms with van der Waals surface area (Å²) in [6.07, 6.45) is 10.3. The lowest BCUT2D eigenvalue weighted by Crippen LogP contribution is -2.57. The van der Waals surface area contributed by atoms with Gasteiger partial charge in [-0.1, -0.05) is 51.5 Å². The first kappa shape index (κ1) is 37.4. The lowest BCUT2D eigenvalue weighted by atomic mass is 9.49. The van der Waals surface area contributed by atoms with Crippen molar-refractivity contribution in [3.63, 3.8) is 0 Å². The Labute approximate surface area is 306 Å². The largest absolute Gasteiger partial charge is 0.391 e. The summed E-state index contributed by atoms with van der Waals surface area (Å²) in [5.41, 5.74) is 4.43. The number of carbonyl (C=O) groups excluding carboxylic acids is 4. The van der Waals surface area contributed by atoms with Crippen LogP contribution < -0.4 is 16.0 Å². The molecule has 1 aromatic heterocycles. The fourth-order valence-electron chi connectivity index (χ4n) is 9.74. The molecule has 0 radical (unpaired) electrons. The number of hydrogen-bond acceptors (Lipinski definition) is 7. The van der Waals surface area contributed by atoms with Crippen LogP contribution in [0.1, 0.15) is 109 Å². The first-order valence-corrected chi connectivity index (χ1v) is 20.0. The Morgan fingerprint density at radius 3 is 2.22 bits per heavy atom. The Kier molecular flexibility index (Phi) is 11.6. The molecule has 3 atom stereocenters. The van der Waals surface area contributed by atoms with Crippen molar-refractivity contribution in [1.82, 2.24) is 25.8 Å². The summed E-state index contributed by atoms with van der Waals surface area (Å²) in [4.78, 5) is 60.1. The lowest BCUT2D eigenvalue weighted by molar-refractivity contribution is -0.144. The van der Waals surface area contributed by atoms with Crippen LogP contribution in [-0.2, 0) is 25.7 Å². The zero-order valence-electron chi connectivity index (χ0n) is 30.8. The van der Waals surface area contributed by atoms with E-state index in [1.807, 2.05) is 57.5 Å². The Morgan fingerprint density at radius 2 is 1.61 bits per heavy atom. The summed E-state index contributed by atoms with van der Waals surface area (Å²) < 4.78 is 0. The predicted molar refractivity (Wildman–Crippen MR) is 198 cm³/mol. The van der Waals surface area contributed by atoms with Crippen molar-refractivity contribution in [3.05, 3.63) is 41.0 Å². The second kappa shape index (κ2) is 15.7. The Hall–Kier alpha value is -3.31. The predicted octanol–water partition coefficient (Wildman–Crippen LogP) is 5.51. The highest BCUT2D eigenvalue weighted by atomic mass is 32.1. The van der Waals surface area contributed by atoms with Crippen molar-refractivity contribution >= 4 is 35.0 Å². The van der Waals surface area contributed by atoms with Crippen LogP contribution in [-0.4, -0.2) is 69.9 Å². The van der Waals surface area contributed by atoms with E-state index in [0.29, 0.717) is 25.9 Å². The molecule has 4 amide bonds. The maximum Gasteiger partial charge on any atom is 0.246 e. The molecule has 0 spiro atoms. The van der Waals surface area contributed by atoms with Crippen molar-refractivity contribution in [3.8, 4) is 10.4 Å². The molecule has 4 bridgehead atoms. The van der Waals surface area contributed by atoms with E-state index in [4.69, 9.17) is 0 Å². The second-order valence-corrected chi connectivity index (χ2v) is 18.1. The molecule has 2 aromatic rings. The molecular weight excluding hydrogens is 663 g/mol. The minimum absolute atomic E-state index is 0.0385. The average Bonchev–Trinajstić information content (AvgIpc) is 3.67. The third kappa shape index (κ3) is 9.20. The van der Waals surface area contributed by atoms with Crippen LogP contribution in [0.3, 0.4) is 0 Å². The van der Waals surface area contributed by atoms with Crippen LogP contribution in [0.2, 0.25) is 0 Å². The number of thiazole rings is 1. The number of amides is 4. The summed E-state index contributed by atoms with van der Waals surface area (Å²) in [6.45, 7) is 8.60. The number of nitrogens with one attached hydrogen (secondary N) is 3. The molecule has 4 saturated carbocycles. The molecule has 10 nitrogen and oxygen atoms in total. The Bertz CT molecular complexity index is 1530. The summed E-state index contributed by atoms with van der Waals surface area (Å²) in [6, 6.07) is 6.27. The van der Waals surface area contributed by atoms with E-state index in [-0.39, 0.29) is 48.4 Å². The third-order valence-corrected chi connectivity index (χ3v) is 12.8. The van der Waals surface area contributed by atoms with Crippen molar-refractivity contribution in [2.75, 3.05) is 13.1 Å². The number of aliphatic hydroxyl groups is 1. The monoisotopic (exact) mass is 719 g/mol. The number of nitrogens with zero attached hydrogens (tertiary/aromatic N) is 2. The van der Waals surface area contributed by atoms with Gasteiger partial charge in [0.25, 0.3) is 0 Å². The zero-order chi connectivity index (χ0) is 36.3. The molecule has 1 aliphatic heterocycles. The average molecular weight is 720 g/mol. The Balaban J connectivity index is 0.931. The zero-order valence-corrected chi connectivity index (χ0v) is 31.7. The van der Waals surface area contributed by atoms with Crippen LogP contribution in [0.5, 0.6) is 0 Å². The van der Waals surface area contributed by atoms with E-state index in [1.165, 1.54) is 43.4 Å². The van der Waals surface area contributed by atoms with E-state index >= 15 is 0 Å². The lowest BCUT2D eigenvalue weighted by Gasteiger charge is -2.56. The molecule has 2 heterocycles. The van der Waals surface area contributed by atoms with Gasteiger partial charge >= 0.3 is 0 Å². The highest BCUT2D eigenvalue weighted by Crippen LogP contribution is 2.61. The molecule has 4 aliphatic carbocycles. The minimum atomic E-state index is -0.850. The number of aryl methyl sites for hydroxylation is 1. The maximum absolute atomic E-state index is 13.9. The van der Waals surface area contributed by atoms with Crippen LogP contribution in [0.25, 0.3) is 10.4 Å². The fraction of sp³-hybridized carbons (Fsp3) is 0.675. The number of hydrogen-bond donors (Lipinski definition) is 4. The first-order chi connectivity index (χ1) is 24.3. The maximum atomic E-state index is 13.9. The standard InChI is InChI=1S/C40H57N5O5S/c1-25-35(51-24-43-25)30-11-9-26(10-12-30)22-42-37(49)32-17-31(46)23-45(32)38(50)36(39(2,3)4)44-33(47)8-6-5-7-13-41-34(48)21-40-18-27-14-28(19-40)16-29(15-27)20-40/h9-12,24,27-29,31-32,36,46H,5-8,13-23H2,1-4H3,(H,41,48)(H,42,49)(H,44,47)/t27?,28?,29?,31-,32+,36-,40?/m1/s1. The molecule has 0 unspecified atom stereocenters. The molecule has 51 heavy (non-hydrogen) atoms.